The maximum atomic E-state index is 14.2. The van der Waals surface area contributed by atoms with E-state index in [1.54, 1.807) is 0 Å². The van der Waals surface area contributed by atoms with Crippen LogP contribution in [0.4, 0.5) is 4.39 Å². The molecule has 0 aromatic heterocycles. The summed E-state index contributed by atoms with van der Waals surface area (Å²) in [6, 6.07) is -0.148. The molecule has 2 heterocycles. The molecule has 0 spiro atoms. The molecule has 0 saturated carbocycles. The predicted octanol–water partition coefficient (Wildman–Crippen LogP) is 3.33. The van der Waals surface area contributed by atoms with Crippen LogP contribution in [0.2, 0.25) is 0 Å². The topological polar surface area (TPSA) is 39.7 Å². The summed E-state index contributed by atoms with van der Waals surface area (Å²) in [4.78, 5) is 0. The van der Waals surface area contributed by atoms with E-state index < -0.39 is 80.1 Å². The molecule has 1 unspecified atom stereocenters. The van der Waals surface area contributed by atoms with E-state index in [1.165, 1.54) is 18.2 Å². The zero-order valence-electron chi connectivity index (χ0n) is 24.2. The first-order valence-electron chi connectivity index (χ1n) is 13.1. The van der Waals surface area contributed by atoms with E-state index in [0.717, 1.165) is 0 Å². The molecule has 2 aromatic rings. The van der Waals surface area contributed by atoms with Crippen molar-refractivity contribution in [3.05, 3.63) is 53.7 Å². The second kappa shape index (κ2) is 6.69. The van der Waals surface area contributed by atoms with Crippen molar-refractivity contribution >= 4 is 0 Å². The molecule has 2 aromatic carbocycles. The van der Waals surface area contributed by atoms with Crippen molar-refractivity contribution in [2.45, 2.75) is 12.3 Å². The normalized spacial score (nSPS) is 38.0. The lowest BCUT2D eigenvalue weighted by Gasteiger charge is -2.32. The molecule has 0 amide bonds. The molecular weight excluding hydrogens is 309 g/mol. The SMILES string of the molecule is [2H]c1c([2H])c(C2[C@H](COc3ccc4c(c3)OC([2H])([2H])O4)C([2H])([2H])NC([2H])([2H])C2([2H])[2H])c([2H])c([2H])c1F. The molecular formula is C19H20FNO3. The van der Waals surface area contributed by atoms with Gasteiger partial charge in [-0.3, -0.25) is 0 Å². The number of rotatable bonds is 4. The molecule has 24 heavy (non-hydrogen) atoms. The maximum Gasteiger partial charge on any atom is 0.231 e. The predicted molar refractivity (Wildman–Crippen MR) is 88.2 cm³/mol. The number of ether oxygens (including phenoxy) is 3. The van der Waals surface area contributed by atoms with Gasteiger partial charge in [-0.1, -0.05) is 12.1 Å². The van der Waals surface area contributed by atoms with Gasteiger partial charge >= 0.3 is 0 Å². The summed E-state index contributed by atoms with van der Waals surface area (Å²) < 4.78 is 127. The van der Waals surface area contributed by atoms with Gasteiger partial charge in [-0.05, 0) is 48.6 Å². The lowest BCUT2D eigenvalue weighted by molar-refractivity contribution is 0.173. The summed E-state index contributed by atoms with van der Waals surface area (Å²) in [6.07, 6.45) is -3.00. The van der Waals surface area contributed by atoms with Crippen LogP contribution in [-0.4, -0.2) is 26.3 Å². The van der Waals surface area contributed by atoms with Crippen molar-refractivity contribution in [2.75, 3.05) is 26.3 Å². The zero-order chi connectivity index (χ0) is 27.0. The summed E-state index contributed by atoms with van der Waals surface area (Å²) in [5, 5.41) is 1.97. The highest BCUT2D eigenvalue weighted by molar-refractivity contribution is 5.46. The highest BCUT2D eigenvalue weighted by Crippen LogP contribution is 2.36. The minimum absolute atomic E-state index is 0.0105. The minimum Gasteiger partial charge on any atom is -0.493 e. The highest BCUT2D eigenvalue weighted by atomic mass is 19.1. The molecule has 1 fully saturated rings. The van der Waals surface area contributed by atoms with E-state index in [4.69, 9.17) is 30.7 Å². The van der Waals surface area contributed by atoms with Gasteiger partial charge in [-0.25, -0.2) is 4.39 Å². The van der Waals surface area contributed by atoms with E-state index >= 15 is 0 Å². The molecule has 2 aliphatic rings. The third-order valence-electron chi connectivity index (χ3n) is 3.52. The molecule has 5 heteroatoms. The van der Waals surface area contributed by atoms with Gasteiger partial charge in [-0.2, -0.15) is 0 Å². The van der Waals surface area contributed by atoms with Gasteiger partial charge in [0.2, 0.25) is 6.75 Å². The number of hydrogen-bond acceptors (Lipinski definition) is 4. The molecule has 4 rings (SSSR count). The van der Waals surface area contributed by atoms with Gasteiger partial charge in [-0.15, -0.1) is 0 Å². The van der Waals surface area contributed by atoms with E-state index in [1.807, 2.05) is 5.32 Å². The standard InChI is InChI=1S/C19H20FNO3/c20-15-3-1-13(2-4-15)17-7-8-21-10-14(17)11-22-16-5-6-18-19(9-16)24-12-23-18/h1-6,9,14,17,21H,7-8,10-12H2/t14-,17?/m0/s1/i1D,2D,3D,4D,7D2,8D2,10D2,12D2. The lowest BCUT2D eigenvalue weighted by atomic mass is 9.81. The van der Waals surface area contributed by atoms with E-state index in [-0.39, 0.29) is 17.2 Å². The quantitative estimate of drug-likeness (QED) is 0.926. The maximum absolute atomic E-state index is 14.2. The Morgan fingerprint density at radius 3 is 2.96 bits per heavy atom. The van der Waals surface area contributed by atoms with Gasteiger partial charge in [0.05, 0.1) is 12.1 Å². The minimum atomic E-state index is -3.03. The fourth-order valence-electron chi connectivity index (χ4n) is 2.34. The fraction of sp³-hybridized carbons (Fsp3) is 0.368. The van der Waals surface area contributed by atoms with Crippen LogP contribution < -0.4 is 19.5 Å². The smallest absolute Gasteiger partial charge is 0.231 e. The summed E-state index contributed by atoms with van der Waals surface area (Å²) in [7, 11) is 0. The second-order valence-corrected chi connectivity index (χ2v) is 5.06. The van der Waals surface area contributed by atoms with Crippen LogP contribution >= 0.6 is 0 Å². The Hall–Kier alpha value is -2.27. The van der Waals surface area contributed by atoms with Gasteiger partial charge < -0.3 is 19.5 Å². The highest BCUT2D eigenvalue weighted by Gasteiger charge is 2.27. The first kappa shape index (κ1) is 6.92. The van der Waals surface area contributed by atoms with Crippen LogP contribution in [-0.2, 0) is 0 Å². The third-order valence-corrected chi connectivity index (χ3v) is 3.52. The number of hydrogen-bond donors (Lipinski definition) is 1. The van der Waals surface area contributed by atoms with E-state index in [2.05, 4.69) is 0 Å². The molecule has 1 N–H and O–H groups in total. The molecule has 0 radical (unpaired) electrons. The Balaban J connectivity index is 1.78. The largest absolute Gasteiger partial charge is 0.493 e. The van der Waals surface area contributed by atoms with Gasteiger partial charge in [0.1, 0.15) is 14.3 Å². The number of halogens is 1. The van der Waals surface area contributed by atoms with E-state index in [0.29, 0.717) is 0 Å². The molecule has 2 aliphatic heterocycles. The molecule has 4 nitrogen and oxygen atoms in total. The first-order chi connectivity index (χ1) is 16.4. The van der Waals surface area contributed by atoms with Crippen LogP contribution in [0.15, 0.2) is 42.4 Å². The first-order valence-corrected chi connectivity index (χ1v) is 7.09. The van der Waals surface area contributed by atoms with Crippen LogP contribution in [0.5, 0.6) is 17.2 Å². The van der Waals surface area contributed by atoms with Crippen molar-refractivity contribution in [1.29, 1.82) is 0 Å². The summed E-state index contributed by atoms with van der Waals surface area (Å²) in [5.41, 5.74) is -0.682. The summed E-state index contributed by atoms with van der Waals surface area (Å²) >= 11 is 0. The van der Waals surface area contributed by atoms with Crippen molar-refractivity contribution in [3.8, 4) is 17.2 Å². The van der Waals surface area contributed by atoms with Crippen molar-refractivity contribution < 1.29 is 35.1 Å². The Bertz CT molecular complexity index is 1200. The van der Waals surface area contributed by atoms with Crippen molar-refractivity contribution in [3.63, 3.8) is 0 Å². The summed E-state index contributed by atoms with van der Waals surface area (Å²) in [6.45, 7) is -8.77. The molecule has 1 saturated heterocycles. The average molecular weight is 341 g/mol. The summed E-state index contributed by atoms with van der Waals surface area (Å²) in [5.74, 6) is -4.94. The van der Waals surface area contributed by atoms with Crippen molar-refractivity contribution in [2.24, 2.45) is 5.92 Å². The third kappa shape index (κ3) is 3.17. The zero-order valence-corrected chi connectivity index (χ0v) is 12.2. The fourth-order valence-corrected chi connectivity index (χ4v) is 2.34. The van der Waals surface area contributed by atoms with Crippen LogP contribution in [0.25, 0.3) is 0 Å². The number of fused-ring (bicyclic) bond motifs is 1. The number of nitrogens with one attached hydrogen (secondary N) is 1. The second-order valence-electron chi connectivity index (χ2n) is 5.06. The van der Waals surface area contributed by atoms with Gasteiger partial charge in [0.25, 0.3) is 0 Å². The molecule has 126 valence electrons. The van der Waals surface area contributed by atoms with Crippen LogP contribution in [0.3, 0.4) is 0 Å². The van der Waals surface area contributed by atoms with Crippen LogP contribution in [0.1, 0.15) is 34.3 Å². The molecule has 2 atom stereocenters. The van der Waals surface area contributed by atoms with Gasteiger partial charge in [0, 0.05) is 26.7 Å². The van der Waals surface area contributed by atoms with Crippen molar-refractivity contribution in [1.82, 2.24) is 5.32 Å². The Morgan fingerprint density at radius 1 is 1.25 bits per heavy atom. The number of benzene rings is 2. The lowest BCUT2D eigenvalue weighted by Crippen LogP contribution is -2.38. The Kier molecular flexibility index (Phi) is 1.93. The van der Waals surface area contributed by atoms with Gasteiger partial charge in [0.15, 0.2) is 11.5 Å². The molecule has 0 bridgehead atoms. The molecule has 0 aliphatic carbocycles. The monoisotopic (exact) mass is 341 g/mol. The Labute approximate surface area is 157 Å². The number of piperidine rings is 1. The Morgan fingerprint density at radius 2 is 2.08 bits per heavy atom. The average Bonchev–Trinajstić information content (AvgIpc) is 3.06. The van der Waals surface area contributed by atoms with E-state index in [9.17, 15) is 4.39 Å². The van der Waals surface area contributed by atoms with Crippen LogP contribution in [0, 0.1) is 11.7 Å².